The summed E-state index contributed by atoms with van der Waals surface area (Å²) in [6.07, 6.45) is 1.71. The number of anilines is 1. The molecule has 0 radical (unpaired) electrons. The van der Waals surface area contributed by atoms with Crippen LogP contribution in [0.1, 0.15) is 35.7 Å². The fourth-order valence-electron chi connectivity index (χ4n) is 1.33. The van der Waals surface area contributed by atoms with Crippen molar-refractivity contribution in [1.29, 1.82) is 0 Å². The first-order chi connectivity index (χ1) is 7.33. The number of rotatable bonds is 4. The lowest BCUT2D eigenvalue weighted by Crippen LogP contribution is -2.11. The Balaban J connectivity index is 3.17. The summed E-state index contributed by atoms with van der Waals surface area (Å²) in [5.74, 6) is 0.297. The minimum absolute atomic E-state index is 0.297. The van der Waals surface area contributed by atoms with Crippen molar-refractivity contribution >= 4 is 22.0 Å². The number of carbonyl (C=O) groups is 1. The molecule has 0 aromatic heterocycles. The normalized spacial score (nSPS) is 11.5. The highest BCUT2D eigenvalue weighted by atomic mass is 32.2. The van der Waals surface area contributed by atoms with Crippen molar-refractivity contribution in [2.24, 2.45) is 0 Å². The topological polar surface area (TPSA) is 63.2 Å². The van der Waals surface area contributed by atoms with Crippen molar-refractivity contribution in [1.82, 2.24) is 0 Å². The van der Waals surface area contributed by atoms with E-state index in [4.69, 9.17) is 0 Å². The van der Waals surface area contributed by atoms with Crippen molar-refractivity contribution in [3.05, 3.63) is 29.3 Å². The molecule has 1 aromatic rings. The summed E-state index contributed by atoms with van der Waals surface area (Å²) >= 11 is 0. The van der Waals surface area contributed by atoms with Gasteiger partial charge in [-0.05, 0) is 23.6 Å². The van der Waals surface area contributed by atoms with Crippen LogP contribution in [-0.2, 0) is 10.0 Å². The molecule has 1 aromatic carbocycles. The number of aldehydes is 1. The molecule has 0 spiro atoms. The molecule has 0 amide bonds. The molecule has 0 aliphatic heterocycles. The van der Waals surface area contributed by atoms with Crippen LogP contribution in [0.25, 0.3) is 0 Å². The van der Waals surface area contributed by atoms with Crippen LogP contribution in [0.5, 0.6) is 0 Å². The van der Waals surface area contributed by atoms with Gasteiger partial charge in [0.05, 0.1) is 11.9 Å². The highest BCUT2D eigenvalue weighted by Gasteiger charge is 2.09. The standard InChI is InChI=1S/C11H15NO3S/c1-8(2)9-4-5-11(10(6-9)7-13)12-16(3,14)15/h4-8,12H,1-3H3. The maximum absolute atomic E-state index is 11.1. The summed E-state index contributed by atoms with van der Waals surface area (Å²) in [5, 5.41) is 0. The molecule has 0 bridgehead atoms. The molecule has 16 heavy (non-hydrogen) atoms. The molecule has 0 saturated heterocycles. The molecule has 5 heteroatoms. The van der Waals surface area contributed by atoms with Gasteiger partial charge in [-0.25, -0.2) is 8.42 Å². The number of hydrogen-bond acceptors (Lipinski definition) is 3. The van der Waals surface area contributed by atoms with Gasteiger partial charge in [0.25, 0.3) is 0 Å². The van der Waals surface area contributed by atoms with Crippen molar-refractivity contribution in [2.75, 3.05) is 11.0 Å². The number of carbonyl (C=O) groups excluding carboxylic acids is 1. The predicted molar refractivity (Wildman–Crippen MR) is 64.4 cm³/mol. The smallest absolute Gasteiger partial charge is 0.229 e. The lowest BCUT2D eigenvalue weighted by molar-refractivity contribution is 0.112. The highest BCUT2D eigenvalue weighted by molar-refractivity contribution is 7.92. The van der Waals surface area contributed by atoms with Crippen LogP contribution < -0.4 is 4.72 Å². The number of benzene rings is 1. The van der Waals surface area contributed by atoms with Gasteiger partial charge >= 0.3 is 0 Å². The first-order valence-electron chi connectivity index (χ1n) is 4.90. The van der Waals surface area contributed by atoms with E-state index in [-0.39, 0.29) is 0 Å². The molecule has 0 heterocycles. The molecule has 1 N–H and O–H groups in total. The van der Waals surface area contributed by atoms with Crippen LogP contribution in [0.15, 0.2) is 18.2 Å². The van der Waals surface area contributed by atoms with Crippen LogP contribution in [-0.4, -0.2) is 21.0 Å². The van der Waals surface area contributed by atoms with Gasteiger partial charge in [-0.3, -0.25) is 9.52 Å². The quantitative estimate of drug-likeness (QED) is 0.820. The summed E-state index contributed by atoms with van der Waals surface area (Å²) in [7, 11) is -3.35. The summed E-state index contributed by atoms with van der Waals surface area (Å²) in [6, 6.07) is 5.12. The minimum Gasteiger partial charge on any atom is -0.298 e. The fraction of sp³-hybridized carbons (Fsp3) is 0.364. The Kier molecular flexibility index (Phi) is 3.70. The van der Waals surface area contributed by atoms with Crippen LogP contribution in [0.3, 0.4) is 0 Å². The van der Waals surface area contributed by atoms with Crippen molar-refractivity contribution in [3.8, 4) is 0 Å². The average Bonchev–Trinajstić information content (AvgIpc) is 2.15. The van der Waals surface area contributed by atoms with Gasteiger partial charge < -0.3 is 0 Å². The third-order valence-corrected chi connectivity index (χ3v) is 2.76. The molecular weight excluding hydrogens is 226 g/mol. The Bertz CT molecular complexity index is 492. The van der Waals surface area contributed by atoms with Crippen molar-refractivity contribution in [3.63, 3.8) is 0 Å². The van der Waals surface area contributed by atoms with Gasteiger partial charge in [0, 0.05) is 5.56 Å². The number of sulfonamides is 1. The zero-order chi connectivity index (χ0) is 12.3. The lowest BCUT2D eigenvalue weighted by Gasteiger charge is -2.10. The lowest BCUT2D eigenvalue weighted by atomic mass is 10.0. The monoisotopic (exact) mass is 241 g/mol. The molecule has 4 nitrogen and oxygen atoms in total. The van der Waals surface area contributed by atoms with Crippen LogP contribution in [0.2, 0.25) is 0 Å². The summed E-state index contributed by atoms with van der Waals surface area (Å²) < 4.78 is 24.4. The van der Waals surface area contributed by atoms with E-state index in [0.29, 0.717) is 23.5 Å². The van der Waals surface area contributed by atoms with E-state index in [0.717, 1.165) is 11.8 Å². The third kappa shape index (κ3) is 3.34. The SMILES string of the molecule is CC(C)c1ccc(NS(C)(=O)=O)c(C=O)c1. The average molecular weight is 241 g/mol. The maximum atomic E-state index is 11.1. The van der Waals surface area contributed by atoms with E-state index in [1.54, 1.807) is 12.1 Å². The third-order valence-electron chi connectivity index (χ3n) is 2.16. The van der Waals surface area contributed by atoms with E-state index in [9.17, 15) is 13.2 Å². The molecule has 1 rings (SSSR count). The molecule has 0 fully saturated rings. The second-order valence-corrected chi connectivity index (χ2v) is 5.74. The van der Waals surface area contributed by atoms with E-state index < -0.39 is 10.0 Å². The number of nitrogens with one attached hydrogen (secondary N) is 1. The summed E-state index contributed by atoms with van der Waals surface area (Å²) in [5.41, 5.74) is 1.68. The zero-order valence-corrected chi connectivity index (χ0v) is 10.3. The first-order valence-corrected chi connectivity index (χ1v) is 6.79. The van der Waals surface area contributed by atoms with Crippen LogP contribution >= 0.6 is 0 Å². The highest BCUT2D eigenvalue weighted by Crippen LogP contribution is 2.21. The maximum Gasteiger partial charge on any atom is 0.229 e. The van der Waals surface area contributed by atoms with Crippen molar-refractivity contribution in [2.45, 2.75) is 19.8 Å². The van der Waals surface area contributed by atoms with E-state index in [1.165, 1.54) is 0 Å². The second kappa shape index (κ2) is 4.65. The Labute approximate surface area is 95.7 Å². The zero-order valence-electron chi connectivity index (χ0n) is 9.52. The summed E-state index contributed by atoms with van der Waals surface area (Å²) in [4.78, 5) is 10.9. The first kappa shape index (κ1) is 12.7. The molecule has 0 saturated carbocycles. The number of hydrogen-bond donors (Lipinski definition) is 1. The molecule has 0 unspecified atom stereocenters. The van der Waals surface area contributed by atoms with Crippen molar-refractivity contribution < 1.29 is 13.2 Å². The van der Waals surface area contributed by atoms with Gasteiger partial charge in [0.15, 0.2) is 6.29 Å². The minimum atomic E-state index is -3.35. The Morgan fingerprint density at radius 3 is 2.38 bits per heavy atom. The molecular formula is C11H15NO3S. The van der Waals surface area contributed by atoms with Crippen LogP contribution in [0.4, 0.5) is 5.69 Å². The van der Waals surface area contributed by atoms with E-state index in [1.807, 2.05) is 19.9 Å². The van der Waals surface area contributed by atoms with Gasteiger partial charge in [-0.1, -0.05) is 19.9 Å². The Hall–Kier alpha value is -1.36. The molecule has 0 aliphatic carbocycles. The fourth-order valence-corrected chi connectivity index (χ4v) is 1.92. The largest absolute Gasteiger partial charge is 0.298 e. The Morgan fingerprint density at radius 1 is 1.31 bits per heavy atom. The Morgan fingerprint density at radius 2 is 1.94 bits per heavy atom. The molecule has 88 valence electrons. The second-order valence-electron chi connectivity index (χ2n) is 3.99. The van der Waals surface area contributed by atoms with Gasteiger partial charge in [-0.15, -0.1) is 0 Å². The molecule has 0 aliphatic rings. The van der Waals surface area contributed by atoms with Gasteiger partial charge in [0.2, 0.25) is 10.0 Å². The van der Waals surface area contributed by atoms with Gasteiger partial charge in [-0.2, -0.15) is 0 Å². The van der Waals surface area contributed by atoms with Crippen LogP contribution in [0, 0.1) is 0 Å². The van der Waals surface area contributed by atoms with E-state index >= 15 is 0 Å². The predicted octanol–water partition coefficient (Wildman–Crippen LogP) is 1.99. The van der Waals surface area contributed by atoms with E-state index in [2.05, 4.69) is 4.72 Å². The summed E-state index contributed by atoms with van der Waals surface area (Å²) in [6.45, 7) is 4.02. The molecule has 0 atom stereocenters. The van der Waals surface area contributed by atoms with Gasteiger partial charge in [0.1, 0.15) is 0 Å².